The number of benzene rings is 2. The van der Waals surface area contributed by atoms with Gasteiger partial charge in [-0.3, -0.25) is 9.59 Å². The minimum Gasteiger partial charge on any atom is -0.356 e. The number of nitrogens with one attached hydrogen (secondary N) is 1. The summed E-state index contributed by atoms with van der Waals surface area (Å²) >= 11 is 1.59. The zero-order valence-corrected chi connectivity index (χ0v) is 18.7. The maximum atomic E-state index is 14.0. The molecule has 2 amide bonds. The van der Waals surface area contributed by atoms with Crippen LogP contribution in [-0.2, 0) is 26.5 Å². The molecule has 0 spiro atoms. The molecule has 0 fully saturated rings. The molecule has 0 aliphatic rings. The van der Waals surface area contributed by atoms with E-state index in [4.69, 9.17) is 4.74 Å². The van der Waals surface area contributed by atoms with Crippen molar-refractivity contribution >= 4 is 23.2 Å². The first-order valence-electron chi connectivity index (χ1n) is 10.4. The highest BCUT2D eigenvalue weighted by atomic mass is 32.1. The molecule has 0 saturated heterocycles. The van der Waals surface area contributed by atoms with Gasteiger partial charge in [0, 0.05) is 18.0 Å². The Morgan fingerprint density at radius 1 is 0.935 bits per heavy atom. The fourth-order valence-electron chi connectivity index (χ4n) is 3.58. The minimum atomic E-state index is -1.32. The first kappa shape index (κ1) is 22.7. The summed E-state index contributed by atoms with van der Waals surface area (Å²) in [4.78, 5) is 29.2. The van der Waals surface area contributed by atoms with Gasteiger partial charge < -0.3 is 15.0 Å². The summed E-state index contributed by atoms with van der Waals surface area (Å²) in [6, 6.07) is 22.9. The van der Waals surface area contributed by atoms with Crippen LogP contribution < -0.4 is 5.32 Å². The van der Waals surface area contributed by atoms with Gasteiger partial charge >= 0.3 is 0 Å². The number of rotatable bonds is 10. The van der Waals surface area contributed by atoms with E-state index in [1.54, 1.807) is 16.2 Å². The molecular weight excluding hydrogens is 408 g/mol. The summed E-state index contributed by atoms with van der Waals surface area (Å²) in [5, 5.41) is 4.88. The van der Waals surface area contributed by atoms with Gasteiger partial charge in [0.25, 0.3) is 5.91 Å². The molecule has 6 heteroatoms. The average Bonchev–Trinajstić information content (AvgIpc) is 3.34. The fraction of sp³-hybridized carbons (Fsp3) is 0.280. The van der Waals surface area contributed by atoms with Gasteiger partial charge in [-0.1, -0.05) is 66.7 Å². The van der Waals surface area contributed by atoms with Crippen LogP contribution in [0.15, 0.2) is 78.2 Å². The zero-order valence-electron chi connectivity index (χ0n) is 17.9. The highest BCUT2D eigenvalue weighted by Gasteiger charge is 2.45. The van der Waals surface area contributed by atoms with Crippen molar-refractivity contribution in [2.24, 2.45) is 0 Å². The molecule has 2 aromatic carbocycles. The minimum absolute atomic E-state index is 0.0325. The topological polar surface area (TPSA) is 58.6 Å². The second-order valence-electron chi connectivity index (χ2n) is 7.02. The van der Waals surface area contributed by atoms with Crippen molar-refractivity contribution in [3.8, 4) is 0 Å². The Morgan fingerprint density at radius 3 is 2.03 bits per heavy atom. The van der Waals surface area contributed by atoms with Crippen LogP contribution in [0.5, 0.6) is 0 Å². The summed E-state index contributed by atoms with van der Waals surface area (Å²) < 4.78 is 6.23. The molecule has 0 bridgehead atoms. The highest BCUT2D eigenvalue weighted by molar-refractivity contribution is 7.09. The monoisotopic (exact) mass is 436 g/mol. The maximum absolute atomic E-state index is 14.0. The van der Waals surface area contributed by atoms with Gasteiger partial charge in [-0.2, -0.15) is 0 Å². The van der Waals surface area contributed by atoms with E-state index in [2.05, 4.69) is 5.32 Å². The van der Waals surface area contributed by atoms with E-state index in [0.29, 0.717) is 19.7 Å². The van der Waals surface area contributed by atoms with Gasteiger partial charge in [0.15, 0.2) is 5.60 Å². The summed E-state index contributed by atoms with van der Waals surface area (Å²) in [7, 11) is 0. The molecule has 0 aliphatic carbocycles. The van der Waals surface area contributed by atoms with E-state index < -0.39 is 5.60 Å². The third-order valence-corrected chi connectivity index (χ3v) is 5.94. The second-order valence-corrected chi connectivity index (χ2v) is 8.05. The molecule has 162 valence electrons. The van der Waals surface area contributed by atoms with Crippen LogP contribution in [-0.4, -0.2) is 36.4 Å². The van der Waals surface area contributed by atoms with Gasteiger partial charge in [0.05, 0.1) is 13.1 Å². The molecular formula is C25H28N2O3S. The van der Waals surface area contributed by atoms with E-state index in [1.807, 2.05) is 92.0 Å². The number of ether oxygens (including phenoxy) is 1. The molecule has 5 nitrogen and oxygen atoms in total. The summed E-state index contributed by atoms with van der Waals surface area (Å²) in [6.07, 6.45) is 0. The maximum Gasteiger partial charge on any atom is 0.264 e. The van der Waals surface area contributed by atoms with Crippen LogP contribution in [0.1, 0.15) is 29.9 Å². The van der Waals surface area contributed by atoms with Crippen molar-refractivity contribution in [3.63, 3.8) is 0 Å². The molecule has 0 atom stereocenters. The number of carbonyl (C=O) groups excluding carboxylic acids is 2. The standard InChI is InChI=1S/C25H28N2O3S/c1-3-27(19-23(28)26-18-22-16-11-17-31-22)24(29)25(30-4-2,20-12-7-5-8-13-20)21-14-9-6-10-15-21/h5-17H,3-4,18-19H2,1-2H3,(H,26,28). The number of thiophene rings is 1. The Hall–Kier alpha value is -2.96. The van der Waals surface area contributed by atoms with E-state index in [9.17, 15) is 9.59 Å². The Kier molecular flexibility index (Phi) is 7.98. The van der Waals surface area contributed by atoms with Gasteiger partial charge in [-0.05, 0) is 36.4 Å². The predicted molar refractivity (Wildman–Crippen MR) is 124 cm³/mol. The lowest BCUT2D eigenvalue weighted by molar-refractivity contribution is -0.155. The zero-order chi connectivity index (χ0) is 22.1. The van der Waals surface area contributed by atoms with Crippen molar-refractivity contribution in [2.45, 2.75) is 26.0 Å². The molecule has 31 heavy (non-hydrogen) atoms. The number of amides is 2. The normalized spacial score (nSPS) is 11.2. The largest absolute Gasteiger partial charge is 0.356 e. The van der Waals surface area contributed by atoms with Gasteiger partial charge in [0.2, 0.25) is 5.91 Å². The number of carbonyl (C=O) groups is 2. The molecule has 0 saturated carbocycles. The van der Waals surface area contributed by atoms with Gasteiger partial charge in [-0.15, -0.1) is 11.3 Å². The lowest BCUT2D eigenvalue weighted by atomic mass is 9.84. The van der Waals surface area contributed by atoms with Crippen LogP contribution in [0.3, 0.4) is 0 Å². The van der Waals surface area contributed by atoms with Gasteiger partial charge in [-0.25, -0.2) is 0 Å². The number of likely N-dealkylation sites (N-methyl/N-ethyl adjacent to an activating group) is 1. The number of nitrogens with zero attached hydrogens (tertiary/aromatic N) is 1. The molecule has 0 unspecified atom stereocenters. The smallest absolute Gasteiger partial charge is 0.264 e. The first-order chi connectivity index (χ1) is 15.1. The molecule has 3 aromatic rings. The summed E-state index contributed by atoms with van der Waals surface area (Å²) in [5.74, 6) is -0.448. The van der Waals surface area contributed by atoms with Crippen molar-refractivity contribution in [1.29, 1.82) is 0 Å². The molecule has 1 heterocycles. The second kappa shape index (κ2) is 10.9. The van der Waals surface area contributed by atoms with Crippen molar-refractivity contribution in [1.82, 2.24) is 10.2 Å². The van der Waals surface area contributed by atoms with E-state index >= 15 is 0 Å². The lowest BCUT2D eigenvalue weighted by Crippen LogP contribution is -2.52. The third-order valence-electron chi connectivity index (χ3n) is 5.07. The molecule has 3 rings (SSSR count). The number of hydrogen-bond donors (Lipinski definition) is 1. The van der Waals surface area contributed by atoms with E-state index in [-0.39, 0.29) is 18.4 Å². The Balaban J connectivity index is 1.91. The summed E-state index contributed by atoms with van der Waals surface area (Å²) in [5.41, 5.74) is 0.164. The summed E-state index contributed by atoms with van der Waals surface area (Å²) in [6.45, 7) is 4.90. The first-order valence-corrected chi connectivity index (χ1v) is 11.3. The Morgan fingerprint density at radius 2 is 1.55 bits per heavy atom. The van der Waals surface area contributed by atoms with Crippen molar-refractivity contribution in [3.05, 3.63) is 94.2 Å². The van der Waals surface area contributed by atoms with Crippen LogP contribution >= 0.6 is 11.3 Å². The van der Waals surface area contributed by atoms with Crippen LogP contribution in [0.25, 0.3) is 0 Å². The SMILES string of the molecule is CCOC(C(=O)N(CC)CC(=O)NCc1cccs1)(c1ccccc1)c1ccccc1. The van der Waals surface area contributed by atoms with E-state index in [1.165, 1.54) is 0 Å². The highest BCUT2D eigenvalue weighted by Crippen LogP contribution is 2.36. The fourth-order valence-corrected chi connectivity index (χ4v) is 4.23. The Bertz CT molecular complexity index is 919. The van der Waals surface area contributed by atoms with Crippen LogP contribution in [0.4, 0.5) is 0 Å². The van der Waals surface area contributed by atoms with Gasteiger partial charge in [0.1, 0.15) is 0 Å². The molecule has 0 aliphatic heterocycles. The molecule has 0 radical (unpaired) electrons. The number of hydrogen-bond acceptors (Lipinski definition) is 4. The molecule has 1 aromatic heterocycles. The quantitative estimate of drug-likeness (QED) is 0.518. The lowest BCUT2D eigenvalue weighted by Gasteiger charge is -2.37. The van der Waals surface area contributed by atoms with Crippen LogP contribution in [0.2, 0.25) is 0 Å². The Labute approximate surface area is 187 Å². The van der Waals surface area contributed by atoms with E-state index in [0.717, 1.165) is 16.0 Å². The third kappa shape index (κ3) is 5.21. The van der Waals surface area contributed by atoms with Crippen molar-refractivity contribution in [2.75, 3.05) is 19.7 Å². The predicted octanol–water partition coefficient (Wildman–Crippen LogP) is 4.19. The van der Waals surface area contributed by atoms with Crippen LogP contribution in [0, 0.1) is 0 Å². The van der Waals surface area contributed by atoms with Crippen molar-refractivity contribution < 1.29 is 14.3 Å². The molecule has 1 N–H and O–H groups in total. The average molecular weight is 437 g/mol.